The number of carbonyl (C=O) groups excluding carboxylic acids is 1. The van der Waals surface area contributed by atoms with Gasteiger partial charge in [0.2, 0.25) is 0 Å². The zero-order valence-corrected chi connectivity index (χ0v) is 13.4. The lowest BCUT2D eigenvalue weighted by Gasteiger charge is -2.07. The van der Waals surface area contributed by atoms with Crippen molar-refractivity contribution in [1.29, 1.82) is 0 Å². The molecular weight excluding hydrogens is 337 g/mol. The molecular formula is C17H13F3N2OS. The molecule has 4 rings (SSSR count). The highest BCUT2D eigenvalue weighted by Crippen LogP contribution is 2.39. The van der Waals surface area contributed by atoms with E-state index in [0.29, 0.717) is 11.1 Å². The molecule has 0 spiro atoms. The second-order valence-corrected chi connectivity index (χ2v) is 7.01. The van der Waals surface area contributed by atoms with Crippen LogP contribution in [-0.4, -0.2) is 10.9 Å². The molecule has 1 aromatic carbocycles. The number of thiazole rings is 1. The summed E-state index contributed by atoms with van der Waals surface area (Å²) in [5.74, 6) is -0.391. The molecule has 0 saturated carbocycles. The Balaban J connectivity index is 1.73. The summed E-state index contributed by atoms with van der Waals surface area (Å²) in [7, 11) is 0. The van der Waals surface area contributed by atoms with Crippen LogP contribution < -0.4 is 5.32 Å². The maximum absolute atomic E-state index is 12.8. The Morgan fingerprint density at radius 1 is 1.21 bits per heavy atom. The van der Waals surface area contributed by atoms with Crippen LogP contribution in [0.1, 0.15) is 39.5 Å². The van der Waals surface area contributed by atoms with Crippen molar-refractivity contribution in [1.82, 2.24) is 4.98 Å². The fraction of sp³-hybridized carbons (Fsp3) is 0.294. The van der Waals surface area contributed by atoms with Gasteiger partial charge in [-0.3, -0.25) is 4.79 Å². The molecule has 1 aromatic heterocycles. The number of hydrogen-bond donors (Lipinski definition) is 1. The minimum atomic E-state index is -4.43. The molecule has 2 aromatic rings. The molecule has 24 heavy (non-hydrogen) atoms. The first kappa shape index (κ1) is 15.4. The molecule has 0 atom stereocenters. The third-order valence-electron chi connectivity index (χ3n) is 4.26. The number of nitrogens with zero attached hydrogens (tertiary/aromatic N) is 1. The fourth-order valence-corrected chi connectivity index (χ4v) is 4.17. The number of aromatic nitrogens is 1. The van der Waals surface area contributed by atoms with Crippen molar-refractivity contribution in [2.45, 2.75) is 31.9 Å². The van der Waals surface area contributed by atoms with Crippen molar-refractivity contribution in [2.75, 3.05) is 5.32 Å². The maximum Gasteiger partial charge on any atom is 0.416 e. The van der Waals surface area contributed by atoms with Gasteiger partial charge in [0.05, 0.1) is 16.8 Å². The van der Waals surface area contributed by atoms with E-state index in [9.17, 15) is 18.0 Å². The molecule has 0 bridgehead atoms. The van der Waals surface area contributed by atoms with Crippen LogP contribution in [0.25, 0.3) is 11.6 Å². The third-order valence-corrected chi connectivity index (χ3v) is 5.36. The molecule has 124 valence electrons. The van der Waals surface area contributed by atoms with Gasteiger partial charge in [-0.05, 0) is 43.9 Å². The van der Waals surface area contributed by atoms with Crippen LogP contribution in [0.2, 0.25) is 0 Å². The van der Waals surface area contributed by atoms with Crippen molar-refractivity contribution in [2.24, 2.45) is 0 Å². The predicted octanol–water partition coefficient (Wildman–Crippen LogP) is 4.53. The number of rotatable bonds is 1. The van der Waals surface area contributed by atoms with Gasteiger partial charge < -0.3 is 5.32 Å². The average Bonchev–Trinajstić information content (AvgIpc) is 3.07. The number of halogens is 3. The lowest BCUT2D eigenvalue weighted by molar-refractivity contribution is -0.137. The number of fused-ring (bicyclic) bond motifs is 2. The van der Waals surface area contributed by atoms with Crippen LogP contribution in [-0.2, 0) is 23.8 Å². The molecule has 1 amide bonds. The van der Waals surface area contributed by atoms with E-state index in [1.165, 1.54) is 10.9 Å². The number of hydrogen-bond acceptors (Lipinski definition) is 3. The number of anilines is 1. The SMILES string of the molecule is O=C1Nc2cc(C(F)(F)F)ccc2C1=Cc1nc2c(s1)CCCC2. The summed E-state index contributed by atoms with van der Waals surface area (Å²) in [4.78, 5) is 18.0. The summed E-state index contributed by atoms with van der Waals surface area (Å²) in [5, 5.41) is 3.25. The zero-order chi connectivity index (χ0) is 16.9. The first-order valence-electron chi connectivity index (χ1n) is 7.65. The van der Waals surface area contributed by atoms with Gasteiger partial charge in [0.15, 0.2) is 0 Å². The fourth-order valence-electron chi connectivity index (χ4n) is 3.07. The monoisotopic (exact) mass is 350 g/mol. The lowest BCUT2D eigenvalue weighted by Crippen LogP contribution is -2.06. The first-order valence-corrected chi connectivity index (χ1v) is 8.47. The van der Waals surface area contributed by atoms with Crippen LogP contribution >= 0.6 is 11.3 Å². The summed E-state index contributed by atoms with van der Waals surface area (Å²) < 4.78 is 38.4. The summed E-state index contributed by atoms with van der Waals surface area (Å²) in [6, 6.07) is 3.32. The summed E-state index contributed by atoms with van der Waals surface area (Å²) in [6.45, 7) is 0. The first-order chi connectivity index (χ1) is 11.4. The topological polar surface area (TPSA) is 42.0 Å². The van der Waals surface area contributed by atoms with Gasteiger partial charge in [0.1, 0.15) is 5.01 Å². The second-order valence-electron chi connectivity index (χ2n) is 5.90. The van der Waals surface area contributed by atoms with Crippen molar-refractivity contribution >= 4 is 34.6 Å². The lowest BCUT2D eigenvalue weighted by atomic mass is 10.0. The van der Waals surface area contributed by atoms with E-state index in [2.05, 4.69) is 10.3 Å². The Morgan fingerprint density at radius 3 is 2.75 bits per heavy atom. The predicted molar refractivity (Wildman–Crippen MR) is 86.7 cm³/mol. The smallest absolute Gasteiger partial charge is 0.321 e. The van der Waals surface area contributed by atoms with Crippen molar-refractivity contribution in [3.8, 4) is 0 Å². The summed E-state index contributed by atoms with van der Waals surface area (Å²) >= 11 is 1.56. The van der Waals surface area contributed by atoms with Crippen molar-refractivity contribution in [3.05, 3.63) is 44.9 Å². The Labute approximate surface area is 140 Å². The van der Waals surface area contributed by atoms with Crippen LogP contribution in [0.15, 0.2) is 18.2 Å². The molecule has 1 N–H and O–H groups in total. The standard InChI is InChI=1S/C17H13F3N2OS/c18-17(19,20)9-5-6-10-11(16(23)22-13(10)7-9)8-15-21-12-3-1-2-4-14(12)24-15/h5-8H,1-4H2,(H,22,23). The maximum atomic E-state index is 12.8. The van der Waals surface area contributed by atoms with E-state index in [1.807, 2.05) is 0 Å². The van der Waals surface area contributed by atoms with Gasteiger partial charge in [0.25, 0.3) is 5.91 Å². The minimum Gasteiger partial charge on any atom is -0.321 e. The van der Waals surface area contributed by atoms with E-state index in [-0.39, 0.29) is 5.69 Å². The van der Waals surface area contributed by atoms with E-state index in [0.717, 1.165) is 48.5 Å². The quantitative estimate of drug-likeness (QED) is 0.768. The van der Waals surface area contributed by atoms with E-state index >= 15 is 0 Å². The number of amides is 1. The molecule has 3 nitrogen and oxygen atoms in total. The largest absolute Gasteiger partial charge is 0.416 e. The third kappa shape index (κ3) is 2.62. The molecule has 7 heteroatoms. The second kappa shape index (κ2) is 5.44. The molecule has 1 aliphatic carbocycles. The number of nitrogens with one attached hydrogen (secondary N) is 1. The molecule has 2 heterocycles. The highest BCUT2D eigenvalue weighted by Gasteiger charge is 2.33. The van der Waals surface area contributed by atoms with E-state index in [1.54, 1.807) is 17.4 Å². The van der Waals surface area contributed by atoms with Crippen LogP contribution in [0, 0.1) is 0 Å². The van der Waals surface area contributed by atoms with Gasteiger partial charge in [-0.15, -0.1) is 11.3 Å². The number of alkyl halides is 3. The van der Waals surface area contributed by atoms with E-state index in [4.69, 9.17) is 0 Å². The summed E-state index contributed by atoms with van der Waals surface area (Å²) in [6.07, 6.45) is 1.48. The molecule has 0 radical (unpaired) electrons. The highest BCUT2D eigenvalue weighted by molar-refractivity contribution is 7.12. The highest BCUT2D eigenvalue weighted by atomic mass is 32.1. The zero-order valence-electron chi connectivity index (χ0n) is 12.5. The van der Waals surface area contributed by atoms with Crippen LogP contribution in [0.4, 0.5) is 18.9 Å². The van der Waals surface area contributed by atoms with Gasteiger partial charge in [-0.1, -0.05) is 6.07 Å². The van der Waals surface area contributed by atoms with Gasteiger partial charge in [-0.2, -0.15) is 13.2 Å². The number of benzene rings is 1. The molecule has 0 fully saturated rings. The average molecular weight is 350 g/mol. The normalized spacial score (nSPS) is 18.5. The van der Waals surface area contributed by atoms with Gasteiger partial charge in [-0.25, -0.2) is 4.98 Å². The minimum absolute atomic E-state index is 0.197. The number of aryl methyl sites for hydroxylation is 2. The molecule has 1 aliphatic heterocycles. The van der Waals surface area contributed by atoms with Crippen LogP contribution in [0.5, 0.6) is 0 Å². The van der Waals surface area contributed by atoms with Gasteiger partial charge in [0, 0.05) is 16.1 Å². The Kier molecular flexibility index (Phi) is 3.49. The molecule has 0 saturated heterocycles. The molecule has 0 unspecified atom stereocenters. The van der Waals surface area contributed by atoms with E-state index < -0.39 is 17.6 Å². The molecule has 2 aliphatic rings. The summed E-state index contributed by atoms with van der Waals surface area (Å²) in [5.41, 5.74) is 1.37. The number of carbonyl (C=O) groups is 1. The van der Waals surface area contributed by atoms with Gasteiger partial charge >= 0.3 is 6.18 Å². The van der Waals surface area contributed by atoms with Crippen molar-refractivity contribution in [3.63, 3.8) is 0 Å². The van der Waals surface area contributed by atoms with Crippen molar-refractivity contribution < 1.29 is 18.0 Å². The Hall–Kier alpha value is -2.15. The Morgan fingerprint density at radius 2 is 2.00 bits per heavy atom. The van der Waals surface area contributed by atoms with Crippen LogP contribution in [0.3, 0.4) is 0 Å². The Bertz CT molecular complexity index is 844.